The van der Waals surface area contributed by atoms with Crippen LogP contribution in [0.25, 0.3) is 22.5 Å². The van der Waals surface area contributed by atoms with Crippen molar-refractivity contribution in [2.45, 2.75) is 38.5 Å². The normalized spacial score (nSPS) is 11.7. The number of halogens is 4. The molecular formula is C45H38ClF3N6O2. The van der Waals surface area contributed by atoms with Gasteiger partial charge in [-0.15, -0.1) is 5.10 Å². The predicted octanol–water partition coefficient (Wildman–Crippen LogP) is 10.5. The molecule has 0 radical (unpaired) electrons. The van der Waals surface area contributed by atoms with Gasteiger partial charge in [-0.05, 0) is 63.2 Å². The lowest BCUT2D eigenvalue weighted by molar-refractivity contribution is -0.138. The van der Waals surface area contributed by atoms with E-state index in [1.54, 1.807) is 4.90 Å². The third-order valence-electron chi connectivity index (χ3n) is 9.72. The second-order valence-electron chi connectivity index (χ2n) is 13.3. The summed E-state index contributed by atoms with van der Waals surface area (Å²) in [5, 5.41) is 13.3. The lowest BCUT2D eigenvalue weighted by Crippen LogP contribution is -2.39. The maximum absolute atomic E-state index is 14.2. The molecule has 0 aliphatic heterocycles. The molecule has 0 fully saturated rings. The molecule has 288 valence electrons. The summed E-state index contributed by atoms with van der Waals surface area (Å²) in [6, 6.07) is 46.7. The number of hydrogen-bond acceptors (Lipinski definition) is 7. The Kier molecular flexibility index (Phi) is 11.5. The number of ether oxygens (including phenoxy) is 1. The Morgan fingerprint density at radius 2 is 1.30 bits per heavy atom. The van der Waals surface area contributed by atoms with Gasteiger partial charge in [0.1, 0.15) is 22.1 Å². The summed E-state index contributed by atoms with van der Waals surface area (Å²) in [6.45, 7) is 3.77. The number of hydrogen-bond donors (Lipinski definition) is 0. The highest BCUT2D eigenvalue weighted by Crippen LogP contribution is 2.44. The van der Waals surface area contributed by atoms with Crippen molar-refractivity contribution in [2.24, 2.45) is 0 Å². The molecule has 0 unspecified atom stereocenters. The summed E-state index contributed by atoms with van der Waals surface area (Å²) in [7, 11) is 0. The van der Waals surface area contributed by atoms with Crippen LogP contribution in [-0.2, 0) is 23.0 Å². The van der Waals surface area contributed by atoms with Crippen LogP contribution in [0.1, 0.15) is 58.4 Å². The average molecular weight is 787 g/mol. The molecule has 7 rings (SSSR count). The zero-order chi connectivity index (χ0) is 40.0. The molecule has 0 atom stereocenters. The largest absolute Gasteiger partial charge is 0.462 e. The van der Waals surface area contributed by atoms with E-state index in [4.69, 9.17) is 21.6 Å². The Morgan fingerprint density at radius 3 is 1.82 bits per heavy atom. The van der Waals surface area contributed by atoms with Gasteiger partial charge < -0.3 is 9.64 Å². The van der Waals surface area contributed by atoms with Gasteiger partial charge in [0.05, 0.1) is 12.2 Å². The molecule has 2 aromatic heterocycles. The number of esters is 1. The second-order valence-corrected chi connectivity index (χ2v) is 13.7. The van der Waals surface area contributed by atoms with Crippen molar-refractivity contribution in [1.29, 1.82) is 0 Å². The first-order valence-electron chi connectivity index (χ1n) is 18.5. The van der Waals surface area contributed by atoms with E-state index in [2.05, 4.69) is 51.7 Å². The van der Waals surface area contributed by atoms with E-state index < -0.39 is 28.8 Å². The maximum atomic E-state index is 14.2. The number of benzene rings is 5. The number of anilines is 1. The van der Waals surface area contributed by atoms with E-state index in [1.807, 2.05) is 115 Å². The molecule has 12 heteroatoms. The number of carbonyl (C=O) groups excluding carboxylic acids is 1. The van der Waals surface area contributed by atoms with Crippen molar-refractivity contribution in [1.82, 2.24) is 25.2 Å². The van der Waals surface area contributed by atoms with Crippen molar-refractivity contribution >= 4 is 23.4 Å². The fourth-order valence-electron chi connectivity index (χ4n) is 7.31. The van der Waals surface area contributed by atoms with Gasteiger partial charge in [-0.3, -0.25) is 0 Å². The van der Waals surface area contributed by atoms with Crippen LogP contribution in [0.15, 0.2) is 146 Å². The molecule has 5 aromatic carbocycles. The molecule has 0 saturated heterocycles. The molecule has 0 saturated carbocycles. The van der Waals surface area contributed by atoms with E-state index in [-0.39, 0.29) is 24.1 Å². The fraction of sp³-hybridized carbons (Fsp3) is 0.178. The van der Waals surface area contributed by atoms with Crippen LogP contribution in [-0.4, -0.2) is 44.3 Å². The SMILES string of the molecule is CCCN(Cc1ccc(-c2ccccc2-c2nnnn2C(c2ccccc2)(c2ccccc2)c2ccccc2)cc1)c1nc(Cl)cc(C(F)(F)F)c1C(=O)OCC. The molecule has 0 aliphatic carbocycles. The van der Waals surface area contributed by atoms with Crippen molar-refractivity contribution in [3.63, 3.8) is 0 Å². The lowest BCUT2D eigenvalue weighted by Gasteiger charge is -2.36. The summed E-state index contributed by atoms with van der Waals surface area (Å²) >= 11 is 6.14. The van der Waals surface area contributed by atoms with Crippen molar-refractivity contribution in [2.75, 3.05) is 18.1 Å². The Labute approximate surface area is 333 Å². The molecule has 0 bridgehead atoms. The highest BCUT2D eigenvalue weighted by atomic mass is 35.5. The first-order chi connectivity index (χ1) is 27.7. The number of rotatable bonds is 13. The van der Waals surface area contributed by atoms with Gasteiger partial charge in [0.15, 0.2) is 5.82 Å². The lowest BCUT2D eigenvalue weighted by atomic mass is 9.77. The minimum Gasteiger partial charge on any atom is -0.462 e. The van der Waals surface area contributed by atoms with Gasteiger partial charge in [0, 0.05) is 18.7 Å². The summed E-state index contributed by atoms with van der Waals surface area (Å²) < 4.78 is 49.7. The smallest absolute Gasteiger partial charge is 0.417 e. The third kappa shape index (κ3) is 7.75. The first kappa shape index (κ1) is 38.9. The number of pyridine rings is 1. The van der Waals surface area contributed by atoms with E-state index in [0.29, 0.717) is 24.9 Å². The van der Waals surface area contributed by atoms with E-state index in [1.165, 1.54) is 6.92 Å². The molecular weight excluding hydrogens is 749 g/mol. The molecule has 0 aliphatic rings. The molecule has 0 amide bonds. The van der Waals surface area contributed by atoms with Gasteiger partial charge in [0.2, 0.25) is 0 Å². The Hall–Kier alpha value is -6.33. The Bertz CT molecular complexity index is 2350. The maximum Gasteiger partial charge on any atom is 0.417 e. The molecule has 0 spiro atoms. The zero-order valence-electron chi connectivity index (χ0n) is 31.2. The molecule has 2 heterocycles. The number of nitrogens with zero attached hydrogens (tertiary/aromatic N) is 6. The monoisotopic (exact) mass is 786 g/mol. The van der Waals surface area contributed by atoms with Crippen molar-refractivity contribution in [3.8, 4) is 22.5 Å². The van der Waals surface area contributed by atoms with Crippen molar-refractivity contribution < 1.29 is 22.7 Å². The summed E-state index contributed by atoms with van der Waals surface area (Å²) in [4.78, 5) is 18.9. The highest BCUT2D eigenvalue weighted by molar-refractivity contribution is 6.29. The van der Waals surface area contributed by atoms with Crippen LogP contribution in [0.3, 0.4) is 0 Å². The average Bonchev–Trinajstić information content (AvgIpc) is 3.72. The molecule has 8 nitrogen and oxygen atoms in total. The standard InChI is InChI=1S/C45H38ClF3N6O2/c1-3-28-54(42-40(43(56)57-4-2)38(45(47,48)49)29-39(46)50-42)30-31-24-26-32(27-25-31)36-22-14-15-23-37(36)41-51-52-53-55(41)44(33-16-8-5-9-17-33,34-18-10-6-11-19-34)35-20-12-7-13-21-35/h5-27,29H,3-4,28,30H2,1-2H3. The summed E-state index contributed by atoms with van der Waals surface area (Å²) in [5.74, 6) is -0.760. The van der Waals surface area contributed by atoms with Gasteiger partial charge in [0.25, 0.3) is 0 Å². The minimum absolute atomic E-state index is 0.104. The van der Waals surface area contributed by atoms with E-state index in [9.17, 15) is 18.0 Å². The van der Waals surface area contributed by atoms with E-state index >= 15 is 0 Å². The van der Waals surface area contributed by atoms with Crippen LogP contribution in [0.2, 0.25) is 5.15 Å². The topological polar surface area (TPSA) is 86.0 Å². The summed E-state index contributed by atoms with van der Waals surface area (Å²) in [5.41, 5.74) is 3.39. The van der Waals surface area contributed by atoms with Crippen molar-refractivity contribution in [3.05, 3.63) is 184 Å². The van der Waals surface area contributed by atoms with Gasteiger partial charge in [-0.2, -0.15) is 13.2 Å². The molecule has 57 heavy (non-hydrogen) atoms. The minimum atomic E-state index is -4.86. The molecule has 0 N–H and O–H groups in total. The molecule has 7 aromatic rings. The van der Waals surface area contributed by atoms with E-state index in [0.717, 1.165) is 38.9 Å². The highest BCUT2D eigenvalue weighted by Gasteiger charge is 2.42. The number of alkyl halides is 3. The van der Waals surface area contributed by atoms with Crippen LogP contribution >= 0.6 is 11.6 Å². The second kappa shape index (κ2) is 16.8. The van der Waals surface area contributed by atoms with Crippen LogP contribution in [0.4, 0.5) is 19.0 Å². The quantitative estimate of drug-likeness (QED) is 0.0653. The van der Waals surface area contributed by atoms with Gasteiger partial charge >= 0.3 is 12.1 Å². The number of tetrazole rings is 1. The van der Waals surface area contributed by atoms with Gasteiger partial charge in [-0.1, -0.05) is 158 Å². The third-order valence-corrected chi connectivity index (χ3v) is 9.91. The Morgan fingerprint density at radius 1 is 0.754 bits per heavy atom. The number of aromatic nitrogens is 5. The first-order valence-corrected chi connectivity index (χ1v) is 18.9. The van der Waals surface area contributed by atoms with Crippen LogP contribution in [0.5, 0.6) is 0 Å². The summed E-state index contributed by atoms with van der Waals surface area (Å²) in [6.07, 6.45) is -4.30. The Balaban J connectivity index is 1.31. The van der Waals surface area contributed by atoms with Crippen LogP contribution < -0.4 is 4.90 Å². The van der Waals surface area contributed by atoms with Crippen LogP contribution in [0, 0.1) is 0 Å². The fourth-order valence-corrected chi connectivity index (χ4v) is 7.50. The predicted molar refractivity (Wildman–Crippen MR) is 215 cm³/mol. The van der Waals surface area contributed by atoms with Gasteiger partial charge in [-0.25, -0.2) is 14.5 Å². The number of carbonyl (C=O) groups is 1. The zero-order valence-corrected chi connectivity index (χ0v) is 32.0.